The third-order valence-electron chi connectivity index (χ3n) is 2.79. The standard InChI is InChI=1S/C14H21NO2S/c1-3-18-9-8-11(2)15-10-12-6-4-5-7-13(12)14(16)17/h4-7,11,15H,3,8-10H2,1-2H3,(H,16,17). The van der Waals surface area contributed by atoms with Crippen molar-refractivity contribution in [3.63, 3.8) is 0 Å². The molecule has 0 radical (unpaired) electrons. The first kappa shape index (κ1) is 15.1. The van der Waals surface area contributed by atoms with Crippen LogP contribution < -0.4 is 5.32 Å². The van der Waals surface area contributed by atoms with E-state index in [1.54, 1.807) is 12.1 Å². The summed E-state index contributed by atoms with van der Waals surface area (Å²) in [6.07, 6.45) is 1.10. The summed E-state index contributed by atoms with van der Waals surface area (Å²) in [6.45, 7) is 4.91. The van der Waals surface area contributed by atoms with Crippen LogP contribution in [0.1, 0.15) is 36.2 Å². The van der Waals surface area contributed by atoms with Gasteiger partial charge in [-0.25, -0.2) is 4.79 Å². The van der Waals surface area contributed by atoms with Gasteiger partial charge in [0.25, 0.3) is 0 Å². The highest BCUT2D eigenvalue weighted by molar-refractivity contribution is 7.99. The minimum Gasteiger partial charge on any atom is -0.478 e. The molecule has 0 fully saturated rings. The third-order valence-corrected chi connectivity index (χ3v) is 3.72. The van der Waals surface area contributed by atoms with E-state index in [-0.39, 0.29) is 0 Å². The largest absolute Gasteiger partial charge is 0.478 e. The van der Waals surface area contributed by atoms with Crippen LogP contribution in [0, 0.1) is 0 Å². The van der Waals surface area contributed by atoms with Gasteiger partial charge in [-0.2, -0.15) is 11.8 Å². The van der Waals surface area contributed by atoms with Crippen LogP contribution in [-0.4, -0.2) is 28.6 Å². The van der Waals surface area contributed by atoms with Gasteiger partial charge < -0.3 is 10.4 Å². The Morgan fingerprint density at radius 1 is 1.44 bits per heavy atom. The second-order valence-corrected chi connectivity index (χ2v) is 5.62. The molecule has 0 aliphatic heterocycles. The fraction of sp³-hybridized carbons (Fsp3) is 0.500. The summed E-state index contributed by atoms with van der Waals surface area (Å²) in [5.74, 6) is 1.43. The molecule has 4 heteroatoms. The molecule has 3 nitrogen and oxygen atoms in total. The molecular formula is C14H21NO2S. The van der Waals surface area contributed by atoms with Crippen molar-refractivity contribution >= 4 is 17.7 Å². The summed E-state index contributed by atoms with van der Waals surface area (Å²) in [5.41, 5.74) is 1.24. The number of carboxylic acids is 1. The van der Waals surface area contributed by atoms with Crippen molar-refractivity contribution < 1.29 is 9.90 Å². The van der Waals surface area contributed by atoms with Gasteiger partial charge in [0, 0.05) is 12.6 Å². The SMILES string of the molecule is CCSCCC(C)NCc1ccccc1C(=O)O. The van der Waals surface area contributed by atoms with Crippen LogP contribution in [0.4, 0.5) is 0 Å². The molecule has 0 saturated heterocycles. The van der Waals surface area contributed by atoms with Crippen LogP contribution in [0.25, 0.3) is 0 Å². The summed E-state index contributed by atoms with van der Waals surface area (Å²) in [6, 6.07) is 7.56. The van der Waals surface area contributed by atoms with Crippen LogP contribution in [0.15, 0.2) is 24.3 Å². The third kappa shape index (κ3) is 5.10. The summed E-state index contributed by atoms with van der Waals surface area (Å²) in [4.78, 5) is 11.0. The molecule has 100 valence electrons. The topological polar surface area (TPSA) is 49.3 Å². The lowest BCUT2D eigenvalue weighted by Crippen LogP contribution is -2.26. The van der Waals surface area contributed by atoms with E-state index < -0.39 is 5.97 Å². The Morgan fingerprint density at radius 3 is 2.83 bits per heavy atom. The Bertz CT molecular complexity index is 382. The van der Waals surface area contributed by atoms with Gasteiger partial charge in [-0.3, -0.25) is 0 Å². The van der Waals surface area contributed by atoms with Crippen LogP contribution in [0.2, 0.25) is 0 Å². The normalized spacial score (nSPS) is 12.3. The maximum atomic E-state index is 11.0. The van der Waals surface area contributed by atoms with Crippen LogP contribution in [0.3, 0.4) is 0 Å². The lowest BCUT2D eigenvalue weighted by molar-refractivity contribution is 0.0695. The van der Waals surface area contributed by atoms with Gasteiger partial charge in [-0.1, -0.05) is 25.1 Å². The molecule has 0 heterocycles. The maximum Gasteiger partial charge on any atom is 0.336 e. The molecule has 0 amide bonds. The molecule has 1 aromatic rings. The van der Waals surface area contributed by atoms with E-state index in [1.807, 2.05) is 23.9 Å². The van der Waals surface area contributed by atoms with E-state index in [9.17, 15) is 4.79 Å². The minimum absolute atomic E-state index is 0.389. The molecule has 18 heavy (non-hydrogen) atoms. The fourth-order valence-corrected chi connectivity index (χ4v) is 2.48. The van der Waals surface area contributed by atoms with Gasteiger partial charge >= 0.3 is 5.97 Å². The number of hydrogen-bond donors (Lipinski definition) is 2. The molecule has 0 bridgehead atoms. The Morgan fingerprint density at radius 2 is 2.17 bits per heavy atom. The van der Waals surface area contributed by atoms with E-state index in [0.29, 0.717) is 18.2 Å². The van der Waals surface area contributed by atoms with Crippen molar-refractivity contribution in [1.82, 2.24) is 5.32 Å². The molecular weight excluding hydrogens is 246 g/mol. The average Bonchev–Trinajstić information content (AvgIpc) is 2.37. The van der Waals surface area contributed by atoms with E-state index >= 15 is 0 Å². The zero-order valence-electron chi connectivity index (χ0n) is 11.0. The Balaban J connectivity index is 2.45. The van der Waals surface area contributed by atoms with Crippen molar-refractivity contribution in [3.8, 4) is 0 Å². The second-order valence-electron chi connectivity index (χ2n) is 4.23. The van der Waals surface area contributed by atoms with E-state index in [0.717, 1.165) is 23.5 Å². The number of carbonyl (C=O) groups is 1. The second kappa shape index (κ2) is 8.16. The number of hydrogen-bond acceptors (Lipinski definition) is 3. The summed E-state index contributed by atoms with van der Waals surface area (Å²) in [5, 5.41) is 12.4. The quantitative estimate of drug-likeness (QED) is 0.711. The van der Waals surface area contributed by atoms with Crippen molar-refractivity contribution in [1.29, 1.82) is 0 Å². The Hall–Kier alpha value is -1.00. The molecule has 0 spiro atoms. The number of carboxylic acid groups (broad SMARTS) is 1. The number of aromatic carboxylic acids is 1. The first-order valence-electron chi connectivity index (χ1n) is 6.27. The number of nitrogens with one attached hydrogen (secondary N) is 1. The smallest absolute Gasteiger partial charge is 0.336 e. The number of thioether (sulfide) groups is 1. The maximum absolute atomic E-state index is 11.0. The van der Waals surface area contributed by atoms with Crippen molar-refractivity contribution in [2.45, 2.75) is 32.9 Å². The monoisotopic (exact) mass is 267 g/mol. The Kier molecular flexibility index (Phi) is 6.83. The van der Waals surface area contributed by atoms with Crippen molar-refractivity contribution in [2.75, 3.05) is 11.5 Å². The van der Waals surface area contributed by atoms with E-state index in [1.165, 1.54) is 0 Å². The van der Waals surface area contributed by atoms with Crippen LogP contribution in [-0.2, 0) is 6.54 Å². The van der Waals surface area contributed by atoms with Crippen molar-refractivity contribution in [2.24, 2.45) is 0 Å². The first-order valence-corrected chi connectivity index (χ1v) is 7.43. The lowest BCUT2D eigenvalue weighted by Gasteiger charge is -2.14. The summed E-state index contributed by atoms with van der Waals surface area (Å²) < 4.78 is 0. The predicted molar refractivity (Wildman–Crippen MR) is 77.3 cm³/mol. The Labute approximate surface area is 113 Å². The zero-order valence-corrected chi connectivity index (χ0v) is 11.8. The van der Waals surface area contributed by atoms with Gasteiger partial charge in [0.15, 0.2) is 0 Å². The summed E-state index contributed by atoms with van der Waals surface area (Å²) >= 11 is 1.93. The zero-order chi connectivity index (χ0) is 13.4. The predicted octanol–water partition coefficient (Wildman–Crippen LogP) is 3.01. The molecule has 0 saturated carbocycles. The average molecular weight is 267 g/mol. The molecule has 1 rings (SSSR count). The molecule has 1 aromatic carbocycles. The van der Waals surface area contributed by atoms with Gasteiger partial charge in [0.05, 0.1) is 5.56 Å². The highest BCUT2D eigenvalue weighted by atomic mass is 32.2. The van der Waals surface area contributed by atoms with Crippen molar-refractivity contribution in [3.05, 3.63) is 35.4 Å². The van der Waals surface area contributed by atoms with Crippen LogP contribution >= 0.6 is 11.8 Å². The first-order chi connectivity index (χ1) is 8.65. The summed E-state index contributed by atoms with van der Waals surface area (Å²) in [7, 11) is 0. The van der Waals surface area contributed by atoms with Gasteiger partial charge in [0.1, 0.15) is 0 Å². The highest BCUT2D eigenvalue weighted by Gasteiger charge is 2.09. The lowest BCUT2D eigenvalue weighted by atomic mass is 10.1. The molecule has 0 aliphatic rings. The number of rotatable bonds is 8. The fourth-order valence-electron chi connectivity index (χ4n) is 1.67. The van der Waals surface area contributed by atoms with E-state index in [2.05, 4.69) is 19.2 Å². The van der Waals surface area contributed by atoms with Gasteiger partial charge in [-0.05, 0) is 36.5 Å². The van der Waals surface area contributed by atoms with Gasteiger partial charge in [-0.15, -0.1) is 0 Å². The molecule has 0 aromatic heterocycles. The van der Waals surface area contributed by atoms with Gasteiger partial charge in [0.2, 0.25) is 0 Å². The van der Waals surface area contributed by atoms with E-state index in [4.69, 9.17) is 5.11 Å². The molecule has 2 N–H and O–H groups in total. The highest BCUT2D eigenvalue weighted by Crippen LogP contribution is 2.10. The minimum atomic E-state index is -0.860. The molecule has 0 aliphatic carbocycles. The van der Waals surface area contributed by atoms with Crippen LogP contribution in [0.5, 0.6) is 0 Å². The molecule has 1 unspecified atom stereocenters. The number of benzene rings is 1. The molecule has 1 atom stereocenters.